The fourth-order valence-electron chi connectivity index (χ4n) is 2.87. The second-order valence-electron chi connectivity index (χ2n) is 5.80. The van der Waals surface area contributed by atoms with Gasteiger partial charge in [0.1, 0.15) is 12.1 Å². The molecule has 1 aliphatic heterocycles. The minimum Gasteiger partial charge on any atom is -0.382 e. The molecular weight excluding hydrogens is 311 g/mol. The van der Waals surface area contributed by atoms with E-state index in [1.807, 2.05) is 11.8 Å². The summed E-state index contributed by atoms with van der Waals surface area (Å²) in [6, 6.07) is 6.26. The SMILES string of the molecule is CC1CN(c2nc(N)c3ncn(-c4cccc(F)c4)c3n2)CCO1. The van der Waals surface area contributed by atoms with Gasteiger partial charge in [-0.3, -0.25) is 4.57 Å². The zero-order valence-electron chi connectivity index (χ0n) is 13.2. The van der Waals surface area contributed by atoms with Gasteiger partial charge in [-0.1, -0.05) is 6.07 Å². The predicted octanol–water partition coefficient (Wildman–Crippen LogP) is 1.76. The Morgan fingerprint density at radius 3 is 3.00 bits per heavy atom. The van der Waals surface area contributed by atoms with E-state index in [-0.39, 0.29) is 11.9 Å². The van der Waals surface area contributed by atoms with Crippen molar-refractivity contribution in [3.8, 4) is 5.69 Å². The van der Waals surface area contributed by atoms with E-state index in [1.165, 1.54) is 12.1 Å². The van der Waals surface area contributed by atoms with Gasteiger partial charge < -0.3 is 15.4 Å². The van der Waals surface area contributed by atoms with E-state index in [9.17, 15) is 4.39 Å². The van der Waals surface area contributed by atoms with Gasteiger partial charge in [-0.2, -0.15) is 9.97 Å². The van der Waals surface area contributed by atoms with Crippen molar-refractivity contribution in [3.05, 3.63) is 36.4 Å². The molecule has 2 aromatic heterocycles. The monoisotopic (exact) mass is 328 g/mol. The summed E-state index contributed by atoms with van der Waals surface area (Å²) in [5.74, 6) is 0.524. The van der Waals surface area contributed by atoms with Crippen LogP contribution in [0.5, 0.6) is 0 Å². The molecule has 0 bridgehead atoms. The maximum absolute atomic E-state index is 13.5. The van der Waals surface area contributed by atoms with Crippen LogP contribution in [0, 0.1) is 5.82 Å². The lowest BCUT2D eigenvalue weighted by atomic mass is 10.3. The Kier molecular flexibility index (Phi) is 3.53. The number of aromatic nitrogens is 4. The molecule has 7 nitrogen and oxygen atoms in total. The van der Waals surface area contributed by atoms with Gasteiger partial charge in [0.15, 0.2) is 17.0 Å². The van der Waals surface area contributed by atoms with Crippen LogP contribution in [0.2, 0.25) is 0 Å². The first-order valence-corrected chi connectivity index (χ1v) is 7.75. The maximum Gasteiger partial charge on any atom is 0.229 e. The lowest BCUT2D eigenvalue weighted by Crippen LogP contribution is -2.42. The highest BCUT2D eigenvalue weighted by molar-refractivity contribution is 5.84. The van der Waals surface area contributed by atoms with Crippen LogP contribution in [0.15, 0.2) is 30.6 Å². The molecule has 24 heavy (non-hydrogen) atoms. The minimum absolute atomic E-state index is 0.104. The van der Waals surface area contributed by atoms with Crippen molar-refractivity contribution in [2.24, 2.45) is 0 Å². The van der Waals surface area contributed by atoms with Crippen molar-refractivity contribution in [2.45, 2.75) is 13.0 Å². The van der Waals surface area contributed by atoms with Gasteiger partial charge >= 0.3 is 0 Å². The Hall–Kier alpha value is -2.74. The van der Waals surface area contributed by atoms with Crippen molar-refractivity contribution in [2.75, 3.05) is 30.3 Å². The topological polar surface area (TPSA) is 82.1 Å². The zero-order chi connectivity index (χ0) is 16.7. The molecule has 1 fully saturated rings. The molecule has 0 amide bonds. The van der Waals surface area contributed by atoms with Crippen molar-refractivity contribution >= 4 is 22.9 Å². The quantitative estimate of drug-likeness (QED) is 0.772. The average molecular weight is 328 g/mol. The van der Waals surface area contributed by atoms with Gasteiger partial charge in [0, 0.05) is 13.1 Å². The zero-order valence-corrected chi connectivity index (χ0v) is 13.2. The number of nitrogens with two attached hydrogens (primary N) is 1. The van der Waals surface area contributed by atoms with Crippen LogP contribution in [0.4, 0.5) is 16.2 Å². The highest BCUT2D eigenvalue weighted by atomic mass is 19.1. The Bertz CT molecular complexity index is 895. The number of nitrogens with zero attached hydrogens (tertiary/aromatic N) is 5. The molecule has 1 aromatic carbocycles. The third-order valence-electron chi connectivity index (χ3n) is 4.02. The van der Waals surface area contributed by atoms with Crippen LogP contribution in [-0.2, 0) is 4.74 Å². The summed E-state index contributed by atoms with van der Waals surface area (Å²) in [4.78, 5) is 15.3. The molecule has 1 unspecified atom stereocenters. The molecule has 1 saturated heterocycles. The lowest BCUT2D eigenvalue weighted by Gasteiger charge is -2.31. The van der Waals surface area contributed by atoms with Crippen molar-refractivity contribution in [3.63, 3.8) is 0 Å². The molecule has 2 N–H and O–H groups in total. The molecule has 3 heterocycles. The normalized spacial score (nSPS) is 18.2. The molecule has 0 saturated carbocycles. The largest absolute Gasteiger partial charge is 0.382 e. The second kappa shape index (κ2) is 5.72. The summed E-state index contributed by atoms with van der Waals surface area (Å²) in [6.07, 6.45) is 1.68. The van der Waals surface area contributed by atoms with Crippen LogP contribution in [-0.4, -0.2) is 45.3 Å². The van der Waals surface area contributed by atoms with Gasteiger partial charge in [-0.25, -0.2) is 9.37 Å². The number of nitrogen functional groups attached to an aromatic ring is 1. The van der Waals surface area contributed by atoms with Crippen LogP contribution in [0.1, 0.15) is 6.92 Å². The summed E-state index contributed by atoms with van der Waals surface area (Å²) in [5, 5.41) is 0. The van der Waals surface area contributed by atoms with E-state index < -0.39 is 0 Å². The molecule has 1 atom stereocenters. The molecular formula is C16H17FN6O. The first-order chi connectivity index (χ1) is 11.6. The fourth-order valence-corrected chi connectivity index (χ4v) is 2.87. The lowest BCUT2D eigenvalue weighted by molar-refractivity contribution is 0.0526. The molecule has 3 aromatic rings. The smallest absolute Gasteiger partial charge is 0.229 e. The second-order valence-corrected chi connectivity index (χ2v) is 5.80. The van der Waals surface area contributed by atoms with Gasteiger partial charge in [-0.15, -0.1) is 0 Å². The Balaban J connectivity index is 1.82. The predicted molar refractivity (Wildman–Crippen MR) is 88.7 cm³/mol. The number of ether oxygens (including phenoxy) is 1. The van der Waals surface area contributed by atoms with Crippen LogP contribution in [0.25, 0.3) is 16.9 Å². The third-order valence-corrected chi connectivity index (χ3v) is 4.02. The Labute approximate surface area is 137 Å². The average Bonchev–Trinajstić information content (AvgIpc) is 2.99. The molecule has 8 heteroatoms. The van der Waals surface area contributed by atoms with Crippen molar-refractivity contribution in [1.82, 2.24) is 19.5 Å². The number of rotatable bonds is 2. The first-order valence-electron chi connectivity index (χ1n) is 7.75. The summed E-state index contributed by atoms with van der Waals surface area (Å²) in [6.45, 7) is 4.01. The Morgan fingerprint density at radius 2 is 2.21 bits per heavy atom. The standard InChI is InChI=1S/C16H17FN6O/c1-10-8-22(5-6-24-10)16-20-14(18)13-15(21-16)23(9-19-13)12-4-2-3-11(17)7-12/h2-4,7,9-10H,5-6,8H2,1H3,(H2,18,20,21). The maximum atomic E-state index is 13.5. The van der Waals surface area contributed by atoms with Gasteiger partial charge in [0.05, 0.1) is 18.4 Å². The highest BCUT2D eigenvalue weighted by Gasteiger charge is 2.21. The van der Waals surface area contributed by atoms with Crippen LogP contribution in [0.3, 0.4) is 0 Å². The summed E-state index contributed by atoms with van der Waals surface area (Å²) >= 11 is 0. The first kappa shape index (κ1) is 14.8. The molecule has 1 aliphatic rings. The number of benzene rings is 1. The molecule has 0 aliphatic carbocycles. The van der Waals surface area contributed by atoms with Gasteiger partial charge in [0.25, 0.3) is 0 Å². The Morgan fingerprint density at radius 1 is 1.33 bits per heavy atom. The number of morpholine rings is 1. The number of anilines is 2. The minimum atomic E-state index is -0.321. The molecule has 124 valence electrons. The van der Waals surface area contributed by atoms with Gasteiger partial charge in [-0.05, 0) is 25.1 Å². The van der Waals surface area contributed by atoms with E-state index >= 15 is 0 Å². The van der Waals surface area contributed by atoms with E-state index in [4.69, 9.17) is 10.5 Å². The number of hydrogen-bond donors (Lipinski definition) is 1. The third kappa shape index (κ3) is 2.54. The van der Waals surface area contributed by atoms with E-state index in [2.05, 4.69) is 15.0 Å². The fraction of sp³-hybridized carbons (Fsp3) is 0.312. The van der Waals surface area contributed by atoms with E-state index in [1.54, 1.807) is 23.0 Å². The summed E-state index contributed by atoms with van der Waals surface area (Å²) in [7, 11) is 0. The molecule has 0 radical (unpaired) electrons. The number of fused-ring (bicyclic) bond motifs is 1. The van der Waals surface area contributed by atoms with Gasteiger partial charge in [0.2, 0.25) is 5.95 Å². The molecule has 0 spiro atoms. The molecule has 4 rings (SSSR count). The van der Waals surface area contributed by atoms with E-state index in [0.29, 0.717) is 48.3 Å². The summed E-state index contributed by atoms with van der Waals surface area (Å²) < 4.78 is 20.8. The van der Waals surface area contributed by atoms with Crippen molar-refractivity contribution < 1.29 is 9.13 Å². The number of hydrogen-bond acceptors (Lipinski definition) is 6. The van der Waals surface area contributed by atoms with Crippen molar-refractivity contribution in [1.29, 1.82) is 0 Å². The van der Waals surface area contributed by atoms with E-state index in [0.717, 1.165) is 0 Å². The highest BCUT2D eigenvalue weighted by Crippen LogP contribution is 2.24. The van der Waals surface area contributed by atoms with Crippen LogP contribution >= 0.6 is 0 Å². The number of imidazole rings is 1. The number of halogens is 1. The van der Waals surface area contributed by atoms with Crippen LogP contribution < -0.4 is 10.6 Å². The summed E-state index contributed by atoms with van der Waals surface area (Å²) in [5.41, 5.74) is 7.76.